The van der Waals surface area contributed by atoms with Crippen LogP contribution in [0, 0.1) is 6.92 Å². The summed E-state index contributed by atoms with van der Waals surface area (Å²) >= 11 is 0. The molecule has 2 rings (SSSR count). The number of fused-ring (bicyclic) bond motifs is 1. The van der Waals surface area contributed by atoms with Gasteiger partial charge in [-0.3, -0.25) is 0 Å². The van der Waals surface area contributed by atoms with Gasteiger partial charge in [0.1, 0.15) is 5.75 Å². The SMILES string of the molecule is Cc1cc(C(O)C(C)(C)N)cc2c1OCCC2. The number of hydrogen-bond donors (Lipinski definition) is 2. The molecule has 1 atom stereocenters. The number of rotatable bonds is 2. The number of hydrogen-bond acceptors (Lipinski definition) is 3. The van der Waals surface area contributed by atoms with E-state index in [4.69, 9.17) is 10.5 Å². The monoisotopic (exact) mass is 235 g/mol. The van der Waals surface area contributed by atoms with Gasteiger partial charge in [0.05, 0.1) is 12.7 Å². The normalized spacial score (nSPS) is 17.2. The first-order valence-corrected chi connectivity index (χ1v) is 6.13. The van der Waals surface area contributed by atoms with Gasteiger partial charge >= 0.3 is 0 Å². The molecule has 0 radical (unpaired) electrons. The van der Waals surface area contributed by atoms with Crippen molar-refractivity contribution in [1.82, 2.24) is 0 Å². The van der Waals surface area contributed by atoms with E-state index in [0.29, 0.717) is 0 Å². The minimum absolute atomic E-state index is 0.629. The fraction of sp³-hybridized carbons (Fsp3) is 0.571. The highest BCUT2D eigenvalue weighted by molar-refractivity contribution is 5.46. The average Bonchev–Trinajstić information content (AvgIpc) is 2.27. The lowest BCUT2D eigenvalue weighted by Gasteiger charge is -2.28. The summed E-state index contributed by atoms with van der Waals surface area (Å²) < 4.78 is 5.66. The maximum Gasteiger partial charge on any atom is 0.125 e. The zero-order chi connectivity index (χ0) is 12.6. The smallest absolute Gasteiger partial charge is 0.125 e. The summed E-state index contributed by atoms with van der Waals surface area (Å²) in [5, 5.41) is 10.2. The summed E-state index contributed by atoms with van der Waals surface area (Å²) in [6, 6.07) is 4.00. The summed E-state index contributed by atoms with van der Waals surface area (Å²) in [5.74, 6) is 0.988. The molecular weight excluding hydrogens is 214 g/mol. The second-order valence-corrected chi connectivity index (χ2v) is 5.50. The van der Waals surface area contributed by atoms with E-state index in [1.54, 1.807) is 0 Å². The molecule has 0 saturated carbocycles. The van der Waals surface area contributed by atoms with Crippen LogP contribution in [0.25, 0.3) is 0 Å². The van der Waals surface area contributed by atoms with Crippen molar-refractivity contribution in [2.45, 2.75) is 45.3 Å². The van der Waals surface area contributed by atoms with Crippen molar-refractivity contribution in [2.75, 3.05) is 6.61 Å². The summed E-state index contributed by atoms with van der Waals surface area (Å²) in [6.07, 6.45) is 1.41. The average molecular weight is 235 g/mol. The molecule has 1 aliphatic rings. The van der Waals surface area contributed by atoms with E-state index < -0.39 is 11.6 Å². The van der Waals surface area contributed by atoms with Gasteiger partial charge in [-0.15, -0.1) is 0 Å². The molecule has 0 amide bonds. The highest BCUT2D eigenvalue weighted by Crippen LogP contribution is 2.33. The second-order valence-electron chi connectivity index (χ2n) is 5.50. The fourth-order valence-corrected chi connectivity index (χ4v) is 2.29. The predicted molar refractivity (Wildman–Crippen MR) is 68.2 cm³/mol. The van der Waals surface area contributed by atoms with Crippen LogP contribution in [-0.4, -0.2) is 17.3 Å². The third-order valence-electron chi connectivity index (χ3n) is 3.23. The molecule has 3 N–H and O–H groups in total. The van der Waals surface area contributed by atoms with E-state index in [2.05, 4.69) is 0 Å². The zero-order valence-electron chi connectivity index (χ0n) is 10.8. The van der Waals surface area contributed by atoms with Gasteiger partial charge in [-0.05, 0) is 62.4 Å². The number of nitrogens with two attached hydrogens (primary N) is 1. The van der Waals surface area contributed by atoms with E-state index in [0.717, 1.165) is 36.3 Å². The minimum atomic E-state index is -0.645. The van der Waals surface area contributed by atoms with Crippen molar-refractivity contribution in [2.24, 2.45) is 5.73 Å². The number of benzene rings is 1. The highest BCUT2D eigenvalue weighted by atomic mass is 16.5. The third kappa shape index (κ3) is 2.45. The van der Waals surface area contributed by atoms with Gasteiger partial charge in [-0.25, -0.2) is 0 Å². The Kier molecular flexibility index (Phi) is 3.15. The lowest BCUT2D eigenvalue weighted by molar-refractivity contribution is 0.104. The van der Waals surface area contributed by atoms with Gasteiger partial charge in [0.15, 0.2) is 0 Å². The molecule has 3 heteroatoms. The molecule has 0 saturated heterocycles. The van der Waals surface area contributed by atoms with Crippen LogP contribution in [0.2, 0.25) is 0 Å². The first-order valence-electron chi connectivity index (χ1n) is 6.13. The van der Waals surface area contributed by atoms with Crippen LogP contribution in [0.5, 0.6) is 5.75 Å². The summed E-state index contributed by atoms with van der Waals surface area (Å²) in [7, 11) is 0. The molecule has 0 bridgehead atoms. The van der Waals surface area contributed by atoms with Crippen molar-refractivity contribution < 1.29 is 9.84 Å². The standard InChI is InChI=1S/C14H21NO2/c1-9-7-11(13(16)14(2,3)15)8-10-5-4-6-17-12(9)10/h7-8,13,16H,4-6,15H2,1-3H3. The van der Waals surface area contributed by atoms with E-state index in [9.17, 15) is 5.11 Å². The second kappa shape index (κ2) is 4.31. The third-order valence-corrected chi connectivity index (χ3v) is 3.23. The fourth-order valence-electron chi connectivity index (χ4n) is 2.29. The van der Waals surface area contributed by atoms with Gasteiger partial charge in [-0.1, -0.05) is 0 Å². The van der Waals surface area contributed by atoms with Crippen molar-refractivity contribution in [3.63, 3.8) is 0 Å². The first kappa shape index (κ1) is 12.4. The van der Waals surface area contributed by atoms with E-state index in [-0.39, 0.29) is 0 Å². The van der Waals surface area contributed by atoms with Crippen molar-refractivity contribution in [3.05, 3.63) is 28.8 Å². The van der Waals surface area contributed by atoms with Crippen LogP contribution in [0.3, 0.4) is 0 Å². The Hall–Kier alpha value is -1.06. The zero-order valence-corrected chi connectivity index (χ0v) is 10.8. The Balaban J connectivity index is 2.41. The Morgan fingerprint density at radius 3 is 2.76 bits per heavy atom. The lowest BCUT2D eigenvalue weighted by Crippen LogP contribution is -2.39. The molecular formula is C14H21NO2. The predicted octanol–water partition coefficient (Wildman–Crippen LogP) is 2.09. The largest absolute Gasteiger partial charge is 0.493 e. The molecule has 1 aromatic rings. The molecule has 1 aliphatic heterocycles. The Morgan fingerprint density at radius 1 is 1.41 bits per heavy atom. The van der Waals surface area contributed by atoms with Crippen LogP contribution in [0.15, 0.2) is 12.1 Å². The Labute approximate surface area is 103 Å². The van der Waals surface area contributed by atoms with Crippen molar-refractivity contribution in [3.8, 4) is 5.75 Å². The summed E-state index contributed by atoms with van der Waals surface area (Å²) in [5.41, 5.74) is 8.49. The maximum absolute atomic E-state index is 10.2. The highest BCUT2D eigenvalue weighted by Gasteiger charge is 2.26. The molecule has 0 spiro atoms. The molecule has 0 aromatic heterocycles. The first-order chi connectivity index (χ1) is 7.89. The van der Waals surface area contributed by atoms with Gasteiger partial charge in [0, 0.05) is 5.54 Å². The molecule has 1 unspecified atom stereocenters. The van der Waals surface area contributed by atoms with Crippen molar-refractivity contribution in [1.29, 1.82) is 0 Å². The molecule has 3 nitrogen and oxygen atoms in total. The minimum Gasteiger partial charge on any atom is -0.493 e. The molecule has 0 aliphatic carbocycles. The lowest BCUT2D eigenvalue weighted by atomic mass is 9.89. The van der Waals surface area contributed by atoms with Crippen LogP contribution >= 0.6 is 0 Å². The van der Waals surface area contributed by atoms with E-state index >= 15 is 0 Å². The Morgan fingerprint density at radius 2 is 2.12 bits per heavy atom. The number of aryl methyl sites for hydroxylation is 2. The van der Waals surface area contributed by atoms with Gasteiger partial charge < -0.3 is 15.6 Å². The van der Waals surface area contributed by atoms with Crippen LogP contribution in [0.1, 0.15) is 43.1 Å². The quantitative estimate of drug-likeness (QED) is 0.825. The topological polar surface area (TPSA) is 55.5 Å². The molecule has 17 heavy (non-hydrogen) atoms. The summed E-state index contributed by atoms with van der Waals surface area (Å²) in [6.45, 7) is 6.48. The maximum atomic E-state index is 10.2. The van der Waals surface area contributed by atoms with Crippen molar-refractivity contribution >= 4 is 0 Å². The molecule has 0 fully saturated rings. The number of aliphatic hydroxyl groups excluding tert-OH is 1. The molecule has 1 heterocycles. The van der Waals surface area contributed by atoms with Crippen LogP contribution < -0.4 is 10.5 Å². The van der Waals surface area contributed by atoms with Gasteiger partial charge in [0.25, 0.3) is 0 Å². The van der Waals surface area contributed by atoms with Crippen LogP contribution in [-0.2, 0) is 6.42 Å². The van der Waals surface area contributed by atoms with Crippen LogP contribution in [0.4, 0.5) is 0 Å². The van der Waals surface area contributed by atoms with Gasteiger partial charge in [0.2, 0.25) is 0 Å². The van der Waals surface area contributed by atoms with E-state index in [1.807, 2.05) is 32.9 Å². The number of ether oxygens (including phenoxy) is 1. The summed E-state index contributed by atoms with van der Waals surface area (Å²) in [4.78, 5) is 0. The van der Waals surface area contributed by atoms with Gasteiger partial charge in [-0.2, -0.15) is 0 Å². The molecule has 94 valence electrons. The molecule has 1 aromatic carbocycles. The Bertz CT molecular complexity index is 421. The number of aliphatic hydroxyl groups is 1. The van der Waals surface area contributed by atoms with E-state index in [1.165, 1.54) is 5.56 Å².